The van der Waals surface area contributed by atoms with Crippen LogP contribution in [0.25, 0.3) is 10.8 Å². The summed E-state index contributed by atoms with van der Waals surface area (Å²) in [5.74, 6) is 0.740. The maximum atomic E-state index is 15.3. The summed E-state index contributed by atoms with van der Waals surface area (Å²) in [6.45, 7) is 0.899. The highest BCUT2D eigenvalue weighted by atomic mass is 19.4. The van der Waals surface area contributed by atoms with Gasteiger partial charge in [0.15, 0.2) is 6.61 Å². The first-order chi connectivity index (χ1) is 19.3. The molecule has 1 aromatic heterocycles. The summed E-state index contributed by atoms with van der Waals surface area (Å²) in [4.78, 5) is 9.09. The van der Waals surface area contributed by atoms with Crippen LogP contribution in [0.4, 0.5) is 17.6 Å². The summed E-state index contributed by atoms with van der Waals surface area (Å²) < 4.78 is 57.0. The van der Waals surface area contributed by atoms with E-state index >= 15 is 4.39 Å². The molecule has 40 heavy (non-hydrogen) atoms. The molecular weight excluding hydrogens is 516 g/mol. The van der Waals surface area contributed by atoms with E-state index in [2.05, 4.69) is 16.9 Å². The molecule has 0 aliphatic rings. The number of aromatic nitrogens is 2. The zero-order valence-corrected chi connectivity index (χ0v) is 22.9. The van der Waals surface area contributed by atoms with Crippen molar-refractivity contribution in [2.24, 2.45) is 0 Å². The molecule has 0 saturated heterocycles. The number of aryl methyl sites for hydroxylation is 5. The number of hydrogen-bond acceptors (Lipinski definition) is 3. The molecule has 7 heteroatoms. The van der Waals surface area contributed by atoms with Crippen LogP contribution in [0, 0.1) is 5.82 Å². The van der Waals surface area contributed by atoms with Crippen molar-refractivity contribution in [3.63, 3.8) is 0 Å². The van der Waals surface area contributed by atoms with E-state index in [0.29, 0.717) is 23.8 Å². The fourth-order valence-corrected chi connectivity index (χ4v) is 4.76. The van der Waals surface area contributed by atoms with Gasteiger partial charge in [-0.05, 0) is 71.9 Å². The van der Waals surface area contributed by atoms with Crippen LogP contribution in [-0.2, 0) is 32.1 Å². The molecule has 0 radical (unpaired) electrons. The molecule has 0 bridgehead atoms. The lowest BCUT2D eigenvalue weighted by Gasteiger charge is -2.10. The van der Waals surface area contributed by atoms with Crippen molar-refractivity contribution in [2.45, 2.75) is 77.3 Å². The minimum atomic E-state index is -4.37. The molecule has 1 heterocycles. The lowest BCUT2D eigenvalue weighted by Crippen LogP contribution is -2.19. The first-order valence-corrected chi connectivity index (χ1v) is 14.1. The lowest BCUT2D eigenvalue weighted by molar-refractivity contribution is -0.153. The number of ether oxygens (including phenoxy) is 1. The van der Waals surface area contributed by atoms with Crippen molar-refractivity contribution in [1.29, 1.82) is 0 Å². The van der Waals surface area contributed by atoms with E-state index in [-0.39, 0.29) is 11.6 Å². The van der Waals surface area contributed by atoms with Gasteiger partial charge in [-0.1, -0.05) is 75.1 Å². The number of nitrogens with zero attached hydrogens (tertiary/aromatic N) is 2. The molecule has 0 saturated carbocycles. The first kappa shape index (κ1) is 29.5. The van der Waals surface area contributed by atoms with Crippen LogP contribution in [0.5, 0.6) is 5.75 Å². The van der Waals surface area contributed by atoms with E-state index in [1.807, 2.05) is 42.7 Å². The van der Waals surface area contributed by atoms with Crippen LogP contribution in [0.2, 0.25) is 0 Å². The van der Waals surface area contributed by atoms with Gasteiger partial charge in [-0.15, -0.1) is 0 Å². The third-order valence-electron chi connectivity index (χ3n) is 7.07. The van der Waals surface area contributed by atoms with Gasteiger partial charge < -0.3 is 4.74 Å². The largest absolute Gasteiger partial charge is 0.484 e. The molecule has 4 rings (SSSR count). The van der Waals surface area contributed by atoms with Gasteiger partial charge in [0.05, 0.1) is 0 Å². The SMILES string of the molecule is CCCCCCCc1cnc(CCc2ccc3c(F)c(CCc4ccc(OCC(F)(F)F)cc4)ccc3c2)nc1. The Bertz CT molecular complexity index is 1350. The highest BCUT2D eigenvalue weighted by molar-refractivity contribution is 5.84. The summed E-state index contributed by atoms with van der Waals surface area (Å²) in [5.41, 5.74) is 3.80. The standard InChI is InChI=1S/C33H36F4N2O/c1-2-3-4-5-6-7-26-21-38-31(39-22-26)19-12-25-11-18-30-28(20-25)15-14-27(32(30)34)13-8-24-9-16-29(17-10-24)40-23-33(35,36)37/h9-11,14-18,20-22H,2-8,12-13,19,23H2,1H3. The van der Waals surface area contributed by atoms with Gasteiger partial charge in [-0.3, -0.25) is 0 Å². The first-order valence-electron chi connectivity index (χ1n) is 14.1. The van der Waals surface area contributed by atoms with Gasteiger partial charge in [0.1, 0.15) is 17.4 Å². The van der Waals surface area contributed by atoms with Crippen molar-refractivity contribution in [3.05, 3.63) is 101 Å². The second-order valence-corrected chi connectivity index (χ2v) is 10.3. The fourth-order valence-electron chi connectivity index (χ4n) is 4.76. The molecular formula is C33H36F4N2O. The van der Waals surface area contributed by atoms with Crippen LogP contribution in [0.15, 0.2) is 67.0 Å². The van der Waals surface area contributed by atoms with Crippen LogP contribution >= 0.6 is 0 Å². The summed E-state index contributed by atoms with van der Waals surface area (Å²) in [7, 11) is 0. The van der Waals surface area contributed by atoms with Gasteiger partial charge in [0, 0.05) is 24.2 Å². The predicted molar refractivity (Wildman–Crippen MR) is 151 cm³/mol. The van der Waals surface area contributed by atoms with Crippen molar-refractivity contribution < 1.29 is 22.3 Å². The van der Waals surface area contributed by atoms with Gasteiger partial charge >= 0.3 is 6.18 Å². The number of fused-ring (bicyclic) bond motifs is 1. The molecule has 0 fully saturated rings. The summed E-state index contributed by atoms with van der Waals surface area (Å²) >= 11 is 0. The Kier molecular flexibility index (Phi) is 10.5. The van der Waals surface area contributed by atoms with Crippen molar-refractivity contribution in [2.75, 3.05) is 6.61 Å². The van der Waals surface area contributed by atoms with E-state index in [4.69, 9.17) is 4.74 Å². The van der Waals surface area contributed by atoms with Gasteiger partial charge in [0.2, 0.25) is 0 Å². The van der Waals surface area contributed by atoms with E-state index in [9.17, 15) is 13.2 Å². The number of benzene rings is 3. The predicted octanol–water partition coefficient (Wildman–Crippen LogP) is 8.79. The van der Waals surface area contributed by atoms with E-state index in [1.165, 1.54) is 49.8 Å². The Balaban J connectivity index is 1.29. The smallest absolute Gasteiger partial charge is 0.422 e. The molecule has 3 aromatic carbocycles. The van der Waals surface area contributed by atoms with Gasteiger partial charge in [0.25, 0.3) is 0 Å². The second kappa shape index (κ2) is 14.2. The number of unbranched alkanes of at least 4 members (excludes halogenated alkanes) is 4. The zero-order valence-electron chi connectivity index (χ0n) is 22.9. The number of alkyl halides is 3. The fraction of sp³-hybridized carbons (Fsp3) is 0.394. The molecule has 3 nitrogen and oxygen atoms in total. The molecule has 212 valence electrons. The Morgan fingerprint density at radius 3 is 2.12 bits per heavy atom. The number of halogens is 4. The third-order valence-corrected chi connectivity index (χ3v) is 7.07. The maximum absolute atomic E-state index is 15.3. The normalized spacial score (nSPS) is 11.7. The average molecular weight is 553 g/mol. The Morgan fingerprint density at radius 2 is 1.40 bits per heavy atom. The minimum Gasteiger partial charge on any atom is -0.484 e. The van der Waals surface area contributed by atoms with Crippen LogP contribution in [-0.4, -0.2) is 22.8 Å². The molecule has 0 aliphatic carbocycles. The molecule has 0 N–H and O–H groups in total. The van der Waals surface area contributed by atoms with Gasteiger partial charge in [-0.2, -0.15) is 13.2 Å². The van der Waals surface area contributed by atoms with Crippen molar-refractivity contribution in [3.8, 4) is 5.75 Å². The molecule has 0 unspecified atom stereocenters. The topological polar surface area (TPSA) is 35.0 Å². The monoisotopic (exact) mass is 552 g/mol. The number of rotatable bonds is 14. The summed E-state index contributed by atoms with van der Waals surface area (Å²) in [6.07, 6.45) is 9.34. The lowest BCUT2D eigenvalue weighted by atomic mass is 9.98. The van der Waals surface area contributed by atoms with Crippen LogP contribution in [0.1, 0.15) is 67.1 Å². The van der Waals surface area contributed by atoms with E-state index in [0.717, 1.165) is 41.6 Å². The summed E-state index contributed by atoms with van der Waals surface area (Å²) in [5, 5.41) is 1.43. The number of hydrogen-bond donors (Lipinski definition) is 0. The van der Waals surface area contributed by atoms with Crippen LogP contribution in [0.3, 0.4) is 0 Å². The molecule has 0 aliphatic heterocycles. The quantitative estimate of drug-likeness (QED) is 0.116. The van der Waals surface area contributed by atoms with Crippen molar-refractivity contribution in [1.82, 2.24) is 9.97 Å². The maximum Gasteiger partial charge on any atom is 0.422 e. The summed E-state index contributed by atoms with van der Waals surface area (Å²) in [6, 6.07) is 16.0. The molecule has 0 amide bonds. The Morgan fingerprint density at radius 1 is 0.700 bits per heavy atom. The van der Waals surface area contributed by atoms with Crippen molar-refractivity contribution >= 4 is 10.8 Å². The highest BCUT2D eigenvalue weighted by Gasteiger charge is 2.28. The Labute approximate surface area is 233 Å². The second-order valence-electron chi connectivity index (χ2n) is 10.3. The Hall–Kier alpha value is -3.48. The van der Waals surface area contributed by atoms with Crippen LogP contribution < -0.4 is 4.74 Å². The molecule has 0 spiro atoms. The van der Waals surface area contributed by atoms with E-state index < -0.39 is 12.8 Å². The highest BCUT2D eigenvalue weighted by Crippen LogP contribution is 2.25. The van der Waals surface area contributed by atoms with E-state index in [1.54, 1.807) is 12.1 Å². The van der Waals surface area contributed by atoms with Gasteiger partial charge in [-0.25, -0.2) is 14.4 Å². The molecule has 4 aromatic rings. The zero-order chi connectivity index (χ0) is 28.4. The average Bonchev–Trinajstić information content (AvgIpc) is 2.95. The molecule has 0 atom stereocenters. The third kappa shape index (κ3) is 9.04. The minimum absolute atomic E-state index is 0.158.